The molecule has 1 aliphatic rings. The Labute approximate surface area is 189 Å². The SMILES string of the molecule is Cc1ccc(C2(C)NC(=O)N(CC(=O)NCCOc3ccc(C(C)(C)C)cc3)C2=O)cc1. The second-order valence-electron chi connectivity index (χ2n) is 9.29. The van der Waals surface area contributed by atoms with Gasteiger partial charge < -0.3 is 15.4 Å². The van der Waals surface area contributed by atoms with Crippen LogP contribution in [0.5, 0.6) is 5.75 Å². The Morgan fingerprint density at radius 2 is 1.69 bits per heavy atom. The van der Waals surface area contributed by atoms with E-state index in [-0.39, 0.29) is 25.1 Å². The molecule has 3 rings (SSSR count). The summed E-state index contributed by atoms with van der Waals surface area (Å²) < 4.78 is 5.66. The fourth-order valence-corrected chi connectivity index (χ4v) is 3.53. The highest BCUT2D eigenvalue weighted by Crippen LogP contribution is 2.29. The third-order valence-electron chi connectivity index (χ3n) is 5.62. The van der Waals surface area contributed by atoms with E-state index in [1.165, 1.54) is 5.56 Å². The fraction of sp³-hybridized carbons (Fsp3) is 0.400. The predicted molar refractivity (Wildman–Crippen MR) is 122 cm³/mol. The van der Waals surface area contributed by atoms with Gasteiger partial charge in [-0.05, 0) is 42.5 Å². The lowest BCUT2D eigenvalue weighted by molar-refractivity contribution is -0.134. The number of nitrogens with zero attached hydrogens (tertiary/aromatic N) is 1. The molecule has 32 heavy (non-hydrogen) atoms. The predicted octanol–water partition coefficient (Wildman–Crippen LogP) is 3.25. The Bertz CT molecular complexity index is 993. The molecule has 0 spiro atoms. The summed E-state index contributed by atoms with van der Waals surface area (Å²) in [6.07, 6.45) is 0. The minimum Gasteiger partial charge on any atom is -0.492 e. The number of hydrogen-bond acceptors (Lipinski definition) is 4. The van der Waals surface area contributed by atoms with Crippen molar-refractivity contribution in [3.05, 3.63) is 65.2 Å². The summed E-state index contributed by atoms with van der Waals surface area (Å²) in [6, 6.07) is 14.7. The van der Waals surface area contributed by atoms with Crippen molar-refractivity contribution >= 4 is 17.8 Å². The van der Waals surface area contributed by atoms with Crippen molar-refractivity contribution in [2.45, 2.75) is 45.6 Å². The van der Waals surface area contributed by atoms with Gasteiger partial charge in [-0.25, -0.2) is 4.79 Å². The molecule has 2 aromatic carbocycles. The maximum atomic E-state index is 12.9. The zero-order valence-electron chi connectivity index (χ0n) is 19.3. The first-order valence-electron chi connectivity index (χ1n) is 10.7. The molecule has 2 aromatic rings. The quantitative estimate of drug-likeness (QED) is 0.514. The van der Waals surface area contributed by atoms with Crippen LogP contribution in [0.25, 0.3) is 0 Å². The number of rotatable bonds is 7. The minimum atomic E-state index is -1.19. The number of urea groups is 1. The standard InChI is InChI=1S/C25H31N3O4/c1-17-6-8-19(9-7-17)25(5)22(30)28(23(31)27-25)16-21(29)26-14-15-32-20-12-10-18(11-13-20)24(2,3)4/h6-13H,14-16H2,1-5H3,(H,26,29)(H,27,31). The zero-order valence-corrected chi connectivity index (χ0v) is 19.3. The molecule has 0 bridgehead atoms. The Hall–Kier alpha value is -3.35. The van der Waals surface area contributed by atoms with E-state index in [9.17, 15) is 14.4 Å². The third-order valence-corrected chi connectivity index (χ3v) is 5.62. The molecule has 1 fully saturated rings. The molecular weight excluding hydrogens is 406 g/mol. The van der Waals surface area contributed by atoms with Gasteiger partial charge in [0.25, 0.3) is 5.91 Å². The van der Waals surface area contributed by atoms with Crippen LogP contribution in [0.2, 0.25) is 0 Å². The number of amides is 4. The van der Waals surface area contributed by atoms with Crippen LogP contribution in [0.3, 0.4) is 0 Å². The largest absolute Gasteiger partial charge is 0.492 e. The number of carbonyl (C=O) groups is 3. The molecule has 0 saturated carbocycles. The number of nitrogens with one attached hydrogen (secondary N) is 2. The van der Waals surface area contributed by atoms with Crippen LogP contribution in [0.1, 0.15) is 44.4 Å². The Morgan fingerprint density at radius 1 is 1.06 bits per heavy atom. The molecule has 170 valence electrons. The van der Waals surface area contributed by atoms with Crippen molar-refractivity contribution in [1.29, 1.82) is 0 Å². The summed E-state index contributed by atoms with van der Waals surface area (Å²) in [5, 5.41) is 5.40. The summed E-state index contributed by atoms with van der Waals surface area (Å²) in [7, 11) is 0. The fourth-order valence-electron chi connectivity index (χ4n) is 3.53. The number of carbonyl (C=O) groups excluding carboxylic acids is 3. The average Bonchev–Trinajstić information content (AvgIpc) is 2.95. The van der Waals surface area contributed by atoms with Gasteiger partial charge in [0, 0.05) is 0 Å². The van der Waals surface area contributed by atoms with Crippen LogP contribution in [-0.4, -0.2) is 42.4 Å². The van der Waals surface area contributed by atoms with Gasteiger partial charge in [-0.15, -0.1) is 0 Å². The maximum absolute atomic E-state index is 12.9. The summed E-state index contributed by atoms with van der Waals surface area (Å²) in [4.78, 5) is 38.5. The normalized spacial score (nSPS) is 18.5. The molecule has 7 heteroatoms. The summed E-state index contributed by atoms with van der Waals surface area (Å²) >= 11 is 0. The molecule has 0 aromatic heterocycles. The number of ether oxygens (including phenoxy) is 1. The lowest BCUT2D eigenvalue weighted by atomic mass is 9.87. The summed E-state index contributed by atoms with van der Waals surface area (Å²) in [6.45, 7) is 10.2. The van der Waals surface area contributed by atoms with E-state index in [0.29, 0.717) is 5.56 Å². The second-order valence-corrected chi connectivity index (χ2v) is 9.29. The Balaban J connectivity index is 1.49. The first-order chi connectivity index (χ1) is 15.0. The topological polar surface area (TPSA) is 87.7 Å². The number of imide groups is 1. The first kappa shape index (κ1) is 23.3. The highest BCUT2D eigenvalue weighted by atomic mass is 16.5. The molecule has 2 N–H and O–H groups in total. The average molecular weight is 438 g/mol. The number of aryl methyl sites for hydroxylation is 1. The Morgan fingerprint density at radius 3 is 2.28 bits per heavy atom. The van der Waals surface area contributed by atoms with Gasteiger partial charge >= 0.3 is 6.03 Å². The van der Waals surface area contributed by atoms with E-state index in [1.54, 1.807) is 6.92 Å². The molecule has 1 heterocycles. The van der Waals surface area contributed by atoms with E-state index in [2.05, 4.69) is 31.4 Å². The smallest absolute Gasteiger partial charge is 0.325 e. The van der Waals surface area contributed by atoms with Gasteiger partial charge in [0.15, 0.2) is 0 Å². The van der Waals surface area contributed by atoms with Crippen LogP contribution < -0.4 is 15.4 Å². The van der Waals surface area contributed by atoms with Gasteiger partial charge in [0.05, 0.1) is 6.54 Å². The van der Waals surface area contributed by atoms with Crippen molar-refractivity contribution in [3.8, 4) is 5.75 Å². The van der Waals surface area contributed by atoms with Crippen molar-refractivity contribution < 1.29 is 19.1 Å². The highest BCUT2D eigenvalue weighted by molar-refractivity contribution is 6.09. The summed E-state index contributed by atoms with van der Waals surface area (Å²) in [5.41, 5.74) is 1.83. The lowest BCUT2D eigenvalue weighted by Crippen LogP contribution is -2.43. The number of benzene rings is 2. The second kappa shape index (κ2) is 9.02. The highest BCUT2D eigenvalue weighted by Gasteiger charge is 2.49. The molecule has 1 unspecified atom stereocenters. The van der Waals surface area contributed by atoms with Crippen LogP contribution in [0, 0.1) is 6.92 Å². The van der Waals surface area contributed by atoms with E-state index in [1.807, 2.05) is 55.5 Å². The summed E-state index contributed by atoms with van der Waals surface area (Å²) in [5.74, 6) is -0.153. The van der Waals surface area contributed by atoms with Crippen molar-refractivity contribution in [3.63, 3.8) is 0 Å². The van der Waals surface area contributed by atoms with Gasteiger partial charge in [0.1, 0.15) is 24.4 Å². The minimum absolute atomic E-state index is 0.0708. The van der Waals surface area contributed by atoms with Gasteiger partial charge in [-0.2, -0.15) is 0 Å². The van der Waals surface area contributed by atoms with E-state index in [4.69, 9.17) is 4.74 Å². The van der Waals surface area contributed by atoms with Crippen molar-refractivity contribution in [2.75, 3.05) is 19.7 Å². The van der Waals surface area contributed by atoms with Crippen LogP contribution in [0.4, 0.5) is 4.79 Å². The number of hydrogen-bond donors (Lipinski definition) is 2. The molecule has 1 saturated heterocycles. The van der Waals surface area contributed by atoms with Crippen molar-refractivity contribution in [2.24, 2.45) is 0 Å². The van der Waals surface area contributed by atoms with Crippen LogP contribution in [-0.2, 0) is 20.5 Å². The van der Waals surface area contributed by atoms with E-state index in [0.717, 1.165) is 16.2 Å². The monoisotopic (exact) mass is 437 g/mol. The van der Waals surface area contributed by atoms with Gasteiger partial charge in [-0.3, -0.25) is 14.5 Å². The Kier molecular flexibility index (Phi) is 6.57. The molecule has 0 radical (unpaired) electrons. The maximum Gasteiger partial charge on any atom is 0.325 e. The lowest BCUT2D eigenvalue weighted by Gasteiger charge is -2.22. The van der Waals surface area contributed by atoms with Crippen LogP contribution in [0.15, 0.2) is 48.5 Å². The van der Waals surface area contributed by atoms with E-state index >= 15 is 0 Å². The first-order valence-corrected chi connectivity index (χ1v) is 10.7. The third kappa shape index (κ3) is 5.10. The van der Waals surface area contributed by atoms with Gasteiger partial charge in [0.2, 0.25) is 5.91 Å². The molecular formula is C25H31N3O4. The molecule has 0 aliphatic carbocycles. The zero-order chi connectivity index (χ0) is 23.5. The molecule has 1 aliphatic heterocycles. The van der Waals surface area contributed by atoms with Gasteiger partial charge in [-0.1, -0.05) is 62.7 Å². The molecule has 7 nitrogen and oxygen atoms in total. The van der Waals surface area contributed by atoms with Crippen molar-refractivity contribution in [1.82, 2.24) is 15.5 Å². The molecule has 4 amide bonds. The molecule has 1 atom stereocenters. The van der Waals surface area contributed by atoms with Crippen LogP contribution >= 0.6 is 0 Å². The van der Waals surface area contributed by atoms with E-state index < -0.39 is 23.4 Å².